The Morgan fingerprint density at radius 1 is 0.806 bits per heavy atom. The average molecular weight is 464 g/mol. The SMILES string of the molecule is C=C(C)C(=O)[O][Ti]([O]C(=O)C(=C)C)([O]C(=O)C(=C)C)[C]1(C)C(C)=C(C)C2=C1CCCC2. The number of carbonyl (C=O) groups is 3. The molecular weight excluding hydrogens is 432 g/mol. The third-order valence-corrected chi connectivity index (χ3v) is 11.3. The van der Waals surface area contributed by atoms with Crippen LogP contribution < -0.4 is 0 Å². The quantitative estimate of drug-likeness (QED) is 0.358. The van der Waals surface area contributed by atoms with Gasteiger partial charge >= 0.3 is 190 Å². The molecule has 0 saturated heterocycles. The van der Waals surface area contributed by atoms with E-state index in [2.05, 4.69) is 19.7 Å². The molecule has 0 heterocycles. The zero-order chi connectivity index (χ0) is 23.7. The summed E-state index contributed by atoms with van der Waals surface area (Å²) in [6.07, 6.45) is 3.61. The van der Waals surface area contributed by atoms with Crippen LogP contribution in [0.15, 0.2) is 58.7 Å². The molecule has 1 atom stereocenters. The summed E-state index contributed by atoms with van der Waals surface area (Å²) in [5, 5.41) is 0. The first kappa shape index (κ1) is 25.1. The molecule has 0 radical (unpaired) electrons. The zero-order valence-electron chi connectivity index (χ0n) is 19.4. The molecule has 0 amide bonds. The van der Waals surface area contributed by atoms with Crippen LogP contribution in [0.3, 0.4) is 0 Å². The maximum atomic E-state index is 12.8. The molecule has 2 rings (SSSR count). The molecule has 7 heteroatoms. The minimum atomic E-state index is -5.14. The predicted molar refractivity (Wildman–Crippen MR) is 115 cm³/mol. The Balaban J connectivity index is 2.83. The molecule has 0 N–H and O–H groups in total. The summed E-state index contributed by atoms with van der Waals surface area (Å²) in [5.74, 6) is -2.29. The number of hydrogen-bond acceptors (Lipinski definition) is 6. The molecule has 0 aromatic rings. The van der Waals surface area contributed by atoms with Crippen LogP contribution in [0.4, 0.5) is 0 Å². The van der Waals surface area contributed by atoms with Gasteiger partial charge in [-0.1, -0.05) is 0 Å². The Labute approximate surface area is 189 Å². The van der Waals surface area contributed by atoms with Gasteiger partial charge in [-0.25, -0.2) is 0 Å². The van der Waals surface area contributed by atoms with Gasteiger partial charge in [0.25, 0.3) is 0 Å². The van der Waals surface area contributed by atoms with E-state index >= 15 is 0 Å². The summed E-state index contributed by atoms with van der Waals surface area (Å²) in [5.41, 5.74) is 4.49. The first-order valence-electron chi connectivity index (χ1n) is 10.4. The van der Waals surface area contributed by atoms with Crippen molar-refractivity contribution < 1.29 is 42.1 Å². The second kappa shape index (κ2) is 9.13. The number of carbonyl (C=O) groups excluding carboxylic acids is 3. The third kappa shape index (κ3) is 4.42. The van der Waals surface area contributed by atoms with Crippen molar-refractivity contribution in [2.24, 2.45) is 0 Å². The fraction of sp³-hybridized carbons (Fsp3) is 0.458. The van der Waals surface area contributed by atoms with Gasteiger partial charge in [0.2, 0.25) is 0 Å². The van der Waals surface area contributed by atoms with Crippen LogP contribution in [0, 0.1) is 0 Å². The van der Waals surface area contributed by atoms with Gasteiger partial charge in [-0.05, 0) is 0 Å². The molecule has 0 aromatic carbocycles. The van der Waals surface area contributed by atoms with E-state index in [1.165, 1.54) is 26.3 Å². The Hall–Kier alpha value is -2.18. The molecule has 168 valence electrons. The van der Waals surface area contributed by atoms with Gasteiger partial charge in [0.1, 0.15) is 0 Å². The summed E-state index contributed by atoms with van der Waals surface area (Å²) < 4.78 is 16.7. The monoisotopic (exact) mass is 464 g/mol. The molecule has 1 unspecified atom stereocenters. The molecule has 31 heavy (non-hydrogen) atoms. The third-order valence-electron chi connectivity index (χ3n) is 6.18. The van der Waals surface area contributed by atoms with Crippen molar-refractivity contribution in [1.29, 1.82) is 0 Å². The Kier molecular flexibility index (Phi) is 7.39. The van der Waals surface area contributed by atoms with E-state index in [4.69, 9.17) is 9.96 Å². The molecule has 0 bridgehead atoms. The average Bonchev–Trinajstić information content (AvgIpc) is 2.90. The van der Waals surface area contributed by atoms with Gasteiger partial charge in [-0.2, -0.15) is 0 Å². The summed E-state index contributed by atoms with van der Waals surface area (Å²) >= 11 is -5.14. The van der Waals surface area contributed by atoms with Crippen LogP contribution >= 0.6 is 0 Å². The van der Waals surface area contributed by atoms with Crippen molar-refractivity contribution in [2.75, 3.05) is 0 Å². The second-order valence-electron chi connectivity index (χ2n) is 8.60. The Morgan fingerprint density at radius 2 is 1.19 bits per heavy atom. The first-order valence-corrected chi connectivity index (χ1v) is 13.0. The zero-order valence-corrected chi connectivity index (χ0v) is 21.0. The van der Waals surface area contributed by atoms with Gasteiger partial charge < -0.3 is 0 Å². The summed E-state index contributed by atoms with van der Waals surface area (Å²) in [4.78, 5) is 38.3. The van der Waals surface area contributed by atoms with Crippen molar-refractivity contribution in [3.63, 3.8) is 0 Å². The van der Waals surface area contributed by atoms with E-state index in [9.17, 15) is 14.4 Å². The van der Waals surface area contributed by atoms with Crippen molar-refractivity contribution >= 4 is 17.9 Å². The van der Waals surface area contributed by atoms with E-state index in [0.29, 0.717) is 0 Å². The Bertz CT molecular complexity index is 882. The molecule has 0 aliphatic heterocycles. The first-order chi connectivity index (χ1) is 14.3. The van der Waals surface area contributed by atoms with Crippen LogP contribution in [0.2, 0.25) is 3.72 Å². The topological polar surface area (TPSA) is 78.9 Å². The second-order valence-corrected chi connectivity index (χ2v) is 12.9. The molecule has 6 nitrogen and oxygen atoms in total. The molecule has 2 aliphatic carbocycles. The van der Waals surface area contributed by atoms with E-state index < -0.39 is 39.4 Å². The van der Waals surface area contributed by atoms with Crippen molar-refractivity contribution in [3.8, 4) is 0 Å². The maximum absolute atomic E-state index is 12.8. The fourth-order valence-corrected chi connectivity index (χ4v) is 9.24. The molecular formula is C24H32O6Ti. The molecule has 0 fully saturated rings. The van der Waals surface area contributed by atoms with E-state index in [-0.39, 0.29) is 16.7 Å². The van der Waals surface area contributed by atoms with Gasteiger partial charge in [-0.3, -0.25) is 0 Å². The van der Waals surface area contributed by atoms with Crippen molar-refractivity contribution in [3.05, 3.63) is 58.7 Å². The molecule has 2 aliphatic rings. The summed E-state index contributed by atoms with van der Waals surface area (Å²) in [7, 11) is 0. The van der Waals surface area contributed by atoms with Crippen LogP contribution in [-0.2, 0) is 42.1 Å². The van der Waals surface area contributed by atoms with Gasteiger partial charge in [-0.15, -0.1) is 0 Å². The molecule has 0 aromatic heterocycles. The van der Waals surface area contributed by atoms with Crippen LogP contribution in [-0.4, -0.2) is 17.9 Å². The van der Waals surface area contributed by atoms with Gasteiger partial charge in [0.05, 0.1) is 0 Å². The van der Waals surface area contributed by atoms with Crippen LogP contribution in [0.5, 0.6) is 0 Å². The number of rotatable bonds is 7. The van der Waals surface area contributed by atoms with Crippen LogP contribution in [0.25, 0.3) is 0 Å². The van der Waals surface area contributed by atoms with E-state index in [1.807, 2.05) is 20.8 Å². The summed E-state index contributed by atoms with van der Waals surface area (Å²) in [6.45, 7) is 21.2. The van der Waals surface area contributed by atoms with Gasteiger partial charge in [0.15, 0.2) is 0 Å². The van der Waals surface area contributed by atoms with E-state index in [1.54, 1.807) is 0 Å². The normalized spacial score (nSPS) is 20.7. The van der Waals surface area contributed by atoms with Crippen molar-refractivity contribution in [1.82, 2.24) is 0 Å². The predicted octanol–water partition coefficient (Wildman–Crippen LogP) is 5.64. The van der Waals surface area contributed by atoms with E-state index in [0.717, 1.165) is 42.4 Å². The summed E-state index contributed by atoms with van der Waals surface area (Å²) in [6, 6.07) is 0. The molecule has 0 saturated carbocycles. The van der Waals surface area contributed by atoms with Gasteiger partial charge in [0, 0.05) is 0 Å². The minimum absolute atomic E-state index is 0.116. The number of allylic oxidation sites excluding steroid dienone is 4. The van der Waals surface area contributed by atoms with Crippen molar-refractivity contribution in [2.45, 2.75) is 70.9 Å². The fourth-order valence-electron chi connectivity index (χ4n) is 4.11. The number of hydrogen-bond donors (Lipinski definition) is 0. The Morgan fingerprint density at radius 3 is 1.58 bits per heavy atom. The van der Waals surface area contributed by atoms with Crippen LogP contribution in [0.1, 0.15) is 67.2 Å². The molecule has 0 spiro atoms. The standard InChI is InChI=1S/C12H17.3C4H6O2.Ti/c1-8-9(2)11-6-4-5-7-12(11)10(8)3;3*1-3(2)4(5)6;/h4-7H2,1-3H3;3*1H2,2H3,(H,5,6);/q;;;;+3/p-3.